The Morgan fingerprint density at radius 2 is 1.94 bits per heavy atom. The minimum Gasteiger partial charge on any atom is -0.417 e. The van der Waals surface area contributed by atoms with Gasteiger partial charge in [0.1, 0.15) is 12.0 Å². The van der Waals surface area contributed by atoms with Gasteiger partial charge in [-0.15, -0.1) is 0 Å². The van der Waals surface area contributed by atoms with E-state index in [-0.39, 0.29) is 0 Å². The Morgan fingerprint density at radius 3 is 2.44 bits per heavy atom. The molecule has 0 heterocycles. The molecule has 0 saturated carbocycles. The number of benzene rings is 1. The van der Waals surface area contributed by atoms with E-state index in [0.717, 1.165) is 12.7 Å². The molecule has 0 fully saturated rings. The Kier molecular flexibility index (Phi) is 6.47. The molecule has 0 amide bonds. The topological polar surface area (TPSA) is 52.6 Å². The van der Waals surface area contributed by atoms with Crippen LogP contribution in [0.5, 0.6) is 5.75 Å². The van der Waals surface area contributed by atoms with Gasteiger partial charge in [0.2, 0.25) is 0 Å². The summed E-state index contributed by atoms with van der Waals surface area (Å²) in [5, 5.41) is 0. The lowest BCUT2D eigenvalue weighted by molar-refractivity contribution is 0.112. The molecular weight excluding hydrogens is 271 g/mol. The number of hydrogen-bond donors (Lipinski definition) is 0. The number of hydrogen-bond acceptors (Lipinski definition) is 5. The van der Waals surface area contributed by atoms with E-state index in [9.17, 15) is 9.36 Å². The lowest BCUT2D eigenvalue weighted by Gasteiger charge is -2.17. The van der Waals surface area contributed by atoms with E-state index in [0.29, 0.717) is 23.7 Å². The highest BCUT2D eigenvalue weighted by molar-refractivity contribution is 8.55. The molecule has 0 radical (unpaired) electrons. The van der Waals surface area contributed by atoms with Crippen LogP contribution in [0.25, 0.3) is 0 Å². The molecule has 4 nitrogen and oxygen atoms in total. The summed E-state index contributed by atoms with van der Waals surface area (Å²) in [6, 6.07) is 6.45. The fourth-order valence-electron chi connectivity index (χ4n) is 1.19. The zero-order chi connectivity index (χ0) is 13.4. The third-order valence-electron chi connectivity index (χ3n) is 1.97. The van der Waals surface area contributed by atoms with Crippen molar-refractivity contribution in [3.63, 3.8) is 0 Å². The van der Waals surface area contributed by atoms with Crippen LogP contribution in [0, 0.1) is 0 Å². The maximum atomic E-state index is 12.3. The predicted octanol–water partition coefficient (Wildman–Crippen LogP) is 4.17. The zero-order valence-electron chi connectivity index (χ0n) is 10.5. The molecule has 0 aliphatic rings. The average molecular weight is 288 g/mol. The molecule has 1 aromatic carbocycles. The van der Waals surface area contributed by atoms with E-state index in [1.54, 1.807) is 31.2 Å². The second-order valence-corrected chi connectivity index (χ2v) is 7.59. The standard InChI is InChI=1S/C12H17O4PS/c1-3-9-18-17(14,15-4-2)16-12-7-5-11(10-13)6-8-12/h5-8,10H,3-4,9H2,1-2H3. The molecule has 0 bridgehead atoms. The van der Waals surface area contributed by atoms with Gasteiger partial charge in [0, 0.05) is 11.3 Å². The van der Waals surface area contributed by atoms with Crippen LogP contribution in [0.4, 0.5) is 0 Å². The van der Waals surface area contributed by atoms with Crippen molar-refractivity contribution >= 4 is 24.5 Å². The van der Waals surface area contributed by atoms with Gasteiger partial charge in [-0.1, -0.05) is 6.92 Å². The van der Waals surface area contributed by atoms with Crippen molar-refractivity contribution in [1.29, 1.82) is 0 Å². The Morgan fingerprint density at radius 1 is 1.28 bits per heavy atom. The van der Waals surface area contributed by atoms with Crippen molar-refractivity contribution in [3.05, 3.63) is 29.8 Å². The van der Waals surface area contributed by atoms with E-state index in [4.69, 9.17) is 9.05 Å². The summed E-state index contributed by atoms with van der Waals surface area (Å²) < 4.78 is 23.0. The smallest absolute Gasteiger partial charge is 0.417 e. The van der Waals surface area contributed by atoms with Gasteiger partial charge in [0.15, 0.2) is 0 Å². The molecule has 1 rings (SSSR count). The number of carbonyl (C=O) groups excluding carboxylic acids is 1. The first-order chi connectivity index (χ1) is 8.63. The van der Waals surface area contributed by atoms with E-state index in [2.05, 4.69) is 0 Å². The predicted molar refractivity (Wildman–Crippen MR) is 74.4 cm³/mol. The summed E-state index contributed by atoms with van der Waals surface area (Å²) in [6.07, 6.45) is 1.65. The quantitative estimate of drug-likeness (QED) is 0.531. The maximum Gasteiger partial charge on any atom is 0.440 e. The molecule has 1 atom stereocenters. The minimum atomic E-state index is -3.15. The van der Waals surface area contributed by atoms with Gasteiger partial charge in [-0.3, -0.25) is 9.32 Å². The monoisotopic (exact) mass is 288 g/mol. The Hall–Kier alpha value is -0.770. The van der Waals surface area contributed by atoms with Crippen molar-refractivity contribution in [3.8, 4) is 5.75 Å². The second-order valence-electron chi connectivity index (χ2n) is 3.48. The average Bonchev–Trinajstić information content (AvgIpc) is 2.38. The van der Waals surface area contributed by atoms with E-state index >= 15 is 0 Å². The van der Waals surface area contributed by atoms with Crippen molar-refractivity contribution in [1.82, 2.24) is 0 Å². The van der Waals surface area contributed by atoms with E-state index in [1.807, 2.05) is 6.92 Å². The Bertz CT molecular complexity index is 419. The lowest BCUT2D eigenvalue weighted by Crippen LogP contribution is -1.96. The highest BCUT2D eigenvalue weighted by Gasteiger charge is 2.26. The number of rotatable bonds is 8. The maximum absolute atomic E-state index is 12.3. The zero-order valence-corrected chi connectivity index (χ0v) is 12.2. The van der Waals surface area contributed by atoms with E-state index < -0.39 is 6.80 Å². The molecule has 1 unspecified atom stereocenters. The van der Waals surface area contributed by atoms with Gasteiger partial charge in [-0.2, -0.15) is 0 Å². The summed E-state index contributed by atoms with van der Waals surface area (Å²) in [5.41, 5.74) is 0.551. The number of carbonyl (C=O) groups is 1. The molecule has 18 heavy (non-hydrogen) atoms. The van der Waals surface area contributed by atoms with Crippen LogP contribution in [-0.2, 0) is 9.09 Å². The lowest BCUT2D eigenvalue weighted by atomic mass is 10.2. The highest BCUT2D eigenvalue weighted by Crippen LogP contribution is 2.60. The van der Waals surface area contributed by atoms with Gasteiger partial charge in [0.25, 0.3) is 0 Å². The normalized spacial score (nSPS) is 13.9. The largest absolute Gasteiger partial charge is 0.440 e. The van der Waals surface area contributed by atoms with Crippen LogP contribution < -0.4 is 4.52 Å². The first-order valence-corrected chi connectivity index (χ1v) is 8.91. The van der Waals surface area contributed by atoms with Crippen molar-refractivity contribution in [2.24, 2.45) is 0 Å². The van der Waals surface area contributed by atoms with Crippen LogP contribution in [0.3, 0.4) is 0 Å². The van der Waals surface area contributed by atoms with Gasteiger partial charge >= 0.3 is 6.80 Å². The minimum absolute atomic E-state index is 0.334. The van der Waals surface area contributed by atoms with Gasteiger partial charge in [-0.25, -0.2) is 4.57 Å². The first-order valence-electron chi connectivity index (χ1n) is 5.77. The SMILES string of the molecule is CCCSP(=O)(OCC)Oc1ccc(C=O)cc1. The third-order valence-corrected chi connectivity index (χ3v) is 5.93. The summed E-state index contributed by atoms with van der Waals surface area (Å²) in [6.45, 7) is 0.959. The molecule has 0 saturated heterocycles. The summed E-state index contributed by atoms with van der Waals surface area (Å²) in [5.74, 6) is 1.16. The molecule has 0 aliphatic heterocycles. The molecular formula is C12H17O4PS. The van der Waals surface area contributed by atoms with Gasteiger partial charge < -0.3 is 4.52 Å². The fourth-order valence-corrected chi connectivity index (χ4v) is 4.64. The first kappa shape index (κ1) is 15.3. The second kappa shape index (κ2) is 7.62. The Balaban J connectivity index is 2.75. The van der Waals surface area contributed by atoms with Crippen LogP contribution in [0.2, 0.25) is 0 Å². The highest BCUT2D eigenvalue weighted by atomic mass is 32.7. The molecule has 1 aromatic rings. The Labute approximate surface area is 111 Å². The van der Waals surface area contributed by atoms with Crippen LogP contribution in [0.1, 0.15) is 30.6 Å². The summed E-state index contributed by atoms with van der Waals surface area (Å²) >= 11 is 1.19. The van der Waals surface area contributed by atoms with Crippen molar-refractivity contribution < 1.29 is 18.4 Å². The molecule has 100 valence electrons. The van der Waals surface area contributed by atoms with Crippen LogP contribution in [-0.4, -0.2) is 18.6 Å². The molecule has 0 spiro atoms. The molecule has 6 heteroatoms. The van der Waals surface area contributed by atoms with E-state index in [1.165, 1.54) is 11.4 Å². The summed E-state index contributed by atoms with van der Waals surface area (Å²) in [7, 11) is 0. The van der Waals surface area contributed by atoms with Crippen molar-refractivity contribution in [2.75, 3.05) is 12.4 Å². The molecule has 0 aliphatic carbocycles. The summed E-state index contributed by atoms with van der Waals surface area (Å²) in [4.78, 5) is 10.5. The van der Waals surface area contributed by atoms with Crippen LogP contribution in [0.15, 0.2) is 24.3 Å². The fraction of sp³-hybridized carbons (Fsp3) is 0.417. The number of aldehydes is 1. The van der Waals surface area contributed by atoms with Gasteiger partial charge in [0.05, 0.1) is 6.61 Å². The van der Waals surface area contributed by atoms with Gasteiger partial charge in [-0.05, 0) is 49.0 Å². The van der Waals surface area contributed by atoms with Crippen LogP contribution >= 0.6 is 18.2 Å². The van der Waals surface area contributed by atoms with Crippen molar-refractivity contribution in [2.45, 2.75) is 20.3 Å². The molecule has 0 aromatic heterocycles. The third kappa shape index (κ3) is 4.84. The molecule has 0 N–H and O–H groups in total.